The number of nitrogens with zero attached hydrogens (tertiary/aromatic N) is 3. The fraction of sp³-hybridized carbons (Fsp3) is 0.300. The second kappa shape index (κ2) is 8.80. The van der Waals surface area contributed by atoms with Gasteiger partial charge >= 0.3 is 18.0 Å². The van der Waals surface area contributed by atoms with Gasteiger partial charge in [0, 0.05) is 47.0 Å². The molecule has 1 amide bonds. The second-order valence-electron chi connectivity index (χ2n) is 7.11. The van der Waals surface area contributed by atoms with Crippen LogP contribution in [0.5, 0.6) is 6.01 Å². The molecule has 0 saturated carbocycles. The molecular formula is C20H20Cl2N5O4+. The average Bonchev–Trinajstić information content (AvgIpc) is 3.11. The maximum Gasteiger partial charge on any atom is 0.481 e. The Morgan fingerprint density at radius 3 is 2.61 bits per heavy atom. The van der Waals surface area contributed by atoms with Crippen molar-refractivity contribution >= 4 is 40.8 Å². The van der Waals surface area contributed by atoms with Crippen LogP contribution in [0.4, 0.5) is 4.79 Å². The molecule has 31 heavy (non-hydrogen) atoms. The molecular weight excluding hydrogens is 445 g/mol. The molecule has 1 aliphatic heterocycles. The molecule has 0 bridgehead atoms. The first-order chi connectivity index (χ1) is 14.9. The Morgan fingerprint density at radius 1 is 1.23 bits per heavy atom. The Balaban J connectivity index is 1.84. The van der Waals surface area contributed by atoms with E-state index in [0.29, 0.717) is 58.4 Å². The average molecular weight is 465 g/mol. The highest BCUT2D eigenvalue weighted by Gasteiger charge is 2.32. The number of esters is 1. The topological polar surface area (TPSA) is 127 Å². The normalized spacial score (nSPS) is 14.7. The van der Waals surface area contributed by atoms with Crippen LogP contribution in [0.3, 0.4) is 0 Å². The van der Waals surface area contributed by atoms with Crippen LogP contribution in [-0.4, -0.2) is 35.0 Å². The van der Waals surface area contributed by atoms with Crippen LogP contribution < -0.4 is 20.6 Å². The standard InChI is InChI=1S/C20H19Cl2N5O4/c21-13-1-2-14(16(22)8-13)15-10-26-17(7-12(15)9-23)27(19(24)29)25-20(26)31-18(28)11-3-5-30-6-4-11/h1-2,7-8,10-11H,3-6,9,23H2,(H-,24,29)/p+1. The molecule has 1 fully saturated rings. The van der Waals surface area contributed by atoms with Crippen LogP contribution in [0.2, 0.25) is 10.0 Å². The fourth-order valence-electron chi connectivity index (χ4n) is 3.54. The zero-order chi connectivity index (χ0) is 22.1. The van der Waals surface area contributed by atoms with E-state index < -0.39 is 12.0 Å². The molecule has 4 N–H and O–H groups in total. The molecule has 0 spiro atoms. The van der Waals surface area contributed by atoms with E-state index in [1.54, 1.807) is 30.5 Å². The lowest BCUT2D eigenvalue weighted by atomic mass is 10.0. The van der Waals surface area contributed by atoms with Crippen molar-refractivity contribution in [3.8, 4) is 17.1 Å². The monoisotopic (exact) mass is 464 g/mol. The number of pyridine rings is 1. The molecule has 162 valence electrons. The number of ether oxygens (including phenoxy) is 2. The first kappa shape index (κ1) is 21.5. The van der Waals surface area contributed by atoms with Gasteiger partial charge < -0.3 is 20.9 Å². The molecule has 9 nitrogen and oxygen atoms in total. The summed E-state index contributed by atoms with van der Waals surface area (Å²) in [5.41, 5.74) is 13.8. The number of carbonyl (C=O) groups excluding carboxylic acids is 2. The number of benzene rings is 1. The molecule has 11 heteroatoms. The maximum atomic E-state index is 12.6. The predicted octanol–water partition coefficient (Wildman–Crippen LogP) is 2.31. The lowest BCUT2D eigenvalue weighted by Crippen LogP contribution is -2.31. The van der Waals surface area contributed by atoms with E-state index >= 15 is 0 Å². The Labute approximate surface area is 187 Å². The van der Waals surface area contributed by atoms with Crippen molar-refractivity contribution in [3.05, 3.63) is 46.1 Å². The van der Waals surface area contributed by atoms with Gasteiger partial charge in [0.15, 0.2) is 0 Å². The highest BCUT2D eigenvalue weighted by molar-refractivity contribution is 6.36. The molecule has 1 saturated heterocycles. The Bertz CT molecular complexity index is 1170. The number of fused-ring (bicyclic) bond motifs is 1. The lowest BCUT2D eigenvalue weighted by Gasteiger charge is -2.18. The summed E-state index contributed by atoms with van der Waals surface area (Å²) in [6, 6.07) is 5.83. The summed E-state index contributed by atoms with van der Waals surface area (Å²) in [6.45, 7) is 1.14. The third kappa shape index (κ3) is 4.22. The number of hydrogen-bond acceptors (Lipinski definition) is 6. The molecule has 0 atom stereocenters. The van der Waals surface area contributed by atoms with Gasteiger partial charge in [-0.2, -0.15) is 4.40 Å². The highest BCUT2D eigenvalue weighted by Crippen LogP contribution is 2.32. The Morgan fingerprint density at radius 2 is 1.97 bits per heavy atom. The molecule has 1 aliphatic rings. The van der Waals surface area contributed by atoms with Crippen LogP contribution in [0.1, 0.15) is 18.4 Å². The van der Waals surface area contributed by atoms with Gasteiger partial charge in [0.2, 0.25) is 0 Å². The smallest absolute Gasteiger partial charge is 0.381 e. The van der Waals surface area contributed by atoms with Crippen molar-refractivity contribution in [1.29, 1.82) is 0 Å². The van der Waals surface area contributed by atoms with E-state index in [-0.39, 0.29) is 18.5 Å². The summed E-state index contributed by atoms with van der Waals surface area (Å²) in [6.07, 6.45) is 2.77. The Hall–Kier alpha value is -2.72. The van der Waals surface area contributed by atoms with Gasteiger partial charge in [-0.25, -0.2) is 4.79 Å². The summed E-state index contributed by atoms with van der Waals surface area (Å²) < 4.78 is 13.3. The van der Waals surface area contributed by atoms with E-state index in [9.17, 15) is 9.59 Å². The number of halogens is 2. The van der Waals surface area contributed by atoms with Gasteiger partial charge in [-0.3, -0.25) is 4.79 Å². The first-order valence-electron chi connectivity index (χ1n) is 9.61. The van der Waals surface area contributed by atoms with Crippen LogP contribution in [0.15, 0.2) is 30.5 Å². The van der Waals surface area contributed by atoms with Gasteiger partial charge in [-0.15, -0.1) is 0 Å². The minimum absolute atomic E-state index is 0.0831. The van der Waals surface area contributed by atoms with Gasteiger partial charge in [0.25, 0.3) is 5.65 Å². The van der Waals surface area contributed by atoms with E-state index in [1.807, 2.05) is 0 Å². The zero-order valence-electron chi connectivity index (χ0n) is 16.4. The summed E-state index contributed by atoms with van der Waals surface area (Å²) in [5.74, 6) is -0.752. The van der Waals surface area contributed by atoms with Crippen molar-refractivity contribution in [2.75, 3.05) is 13.2 Å². The number of hydrogen-bond donors (Lipinski definition) is 2. The van der Waals surface area contributed by atoms with E-state index in [1.165, 1.54) is 4.40 Å². The molecule has 0 unspecified atom stereocenters. The van der Waals surface area contributed by atoms with Gasteiger partial charge in [-0.05, 0) is 35.2 Å². The molecule has 0 aliphatic carbocycles. The number of aromatic nitrogens is 3. The quantitative estimate of drug-likeness (QED) is 0.450. The largest absolute Gasteiger partial charge is 0.481 e. The van der Waals surface area contributed by atoms with E-state index in [4.69, 9.17) is 44.1 Å². The maximum absolute atomic E-state index is 12.6. The van der Waals surface area contributed by atoms with Crippen LogP contribution in [0.25, 0.3) is 16.8 Å². The predicted molar refractivity (Wildman–Crippen MR) is 113 cm³/mol. The second-order valence-corrected chi connectivity index (χ2v) is 7.95. The molecule has 1 aromatic carbocycles. The summed E-state index contributed by atoms with van der Waals surface area (Å²) in [5, 5.41) is 5.02. The number of amides is 1. The minimum atomic E-state index is -0.828. The number of primary amides is 1. The van der Waals surface area contributed by atoms with Gasteiger partial charge in [0.05, 0.1) is 17.2 Å². The zero-order valence-corrected chi connectivity index (χ0v) is 17.9. The molecule has 0 radical (unpaired) electrons. The lowest BCUT2D eigenvalue weighted by molar-refractivity contribution is -0.519. The number of carbonyl (C=O) groups is 2. The van der Waals surface area contributed by atoms with E-state index in [2.05, 4.69) is 5.10 Å². The highest BCUT2D eigenvalue weighted by atomic mass is 35.5. The molecule has 3 heterocycles. The van der Waals surface area contributed by atoms with Gasteiger partial charge in [0.1, 0.15) is 0 Å². The molecule has 4 rings (SSSR count). The van der Waals surface area contributed by atoms with Crippen LogP contribution in [0, 0.1) is 5.92 Å². The van der Waals surface area contributed by atoms with Crippen molar-refractivity contribution in [1.82, 2.24) is 9.78 Å². The van der Waals surface area contributed by atoms with Gasteiger partial charge in [-0.1, -0.05) is 29.3 Å². The third-order valence-corrected chi connectivity index (χ3v) is 5.71. The third-order valence-electron chi connectivity index (χ3n) is 5.16. The van der Waals surface area contributed by atoms with Crippen molar-refractivity contribution < 1.29 is 23.5 Å². The molecule has 3 aromatic rings. The van der Waals surface area contributed by atoms with E-state index in [0.717, 1.165) is 4.68 Å². The van der Waals surface area contributed by atoms with Crippen LogP contribution >= 0.6 is 23.2 Å². The summed E-state index contributed by atoms with van der Waals surface area (Å²) in [4.78, 5) is 24.6. The minimum Gasteiger partial charge on any atom is -0.381 e. The number of rotatable bonds is 4. The van der Waals surface area contributed by atoms with Crippen molar-refractivity contribution in [3.63, 3.8) is 0 Å². The SMILES string of the molecule is NCc1cc2n(C(N)=O)nc(OC(=O)C3CCOCC3)[n+]2cc1-c1ccc(Cl)cc1Cl. The molecule has 2 aromatic heterocycles. The van der Waals surface area contributed by atoms with Crippen molar-refractivity contribution in [2.45, 2.75) is 19.4 Å². The number of nitrogens with two attached hydrogens (primary N) is 2. The fourth-order valence-corrected chi connectivity index (χ4v) is 4.05. The van der Waals surface area contributed by atoms with Crippen molar-refractivity contribution in [2.24, 2.45) is 17.4 Å². The summed E-state index contributed by atoms with van der Waals surface area (Å²) in [7, 11) is 0. The Kier molecular flexibility index (Phi) is 6.10. The first-order valence-corrected chi connectivity index (χ1v) is 10.4. The van der Waals surface area contributed by atoms with Crippen LogP contribution in [-0.2, 0) is 16.1 Å². The summed E-state index contributed by atoms with van der Waals surface area (Å²) >= 11 is 12.4.